The highest BCUT2D eigenvalue weighted by molar-refractivity contribution is 9.10. The molecule has 0 unspecified atom stereocenters. The molecule has 6 heteroatoms. The normalized spacial score (nSPS) is 14.3. The van der Waals surface area contributed by atoms with Crippen molar-refractivity contribution in [2.75, 3.05) is 5.32 Å². The topological polar surface area (TPSA) is 34.0 Å². The third kappa shape index (κ3) is 2.95. The largest absolute Gasteiger partial charge is 0.339 e. The van der Waals surface area contributed by atoms with Crippen molar-refractivity contribution in [3.05, 3.63) is 50.1 Å². The molecule has 1 fully saturated rings. The summed E-state index contributed by atoms with van der Waals surface area (Å²) >= 11 is 12.8. The number of carbonyl (C=O) groups is 1. The fraction of sp³-hybridized carbons (Fsp3) is 0.214. The van der Waals surface area contributed by atoms with Gasteiger partial charge in [0.25, 0.3) is 5.91 Å². The van der Waals surface area contributed by atoms with E-state index in [9.17, 15) is 4.79 Å². The SMILES string of the molecule is O=C(Nc1ccc(Br)c(Cl)c1)c1cc(Br)cn1C1CC1. The zero-order chi connectivity index (χ0) is 14.3. The quantitative estimate of drug-likeness (QED) is 0.725. The number of aromatic nitrogens is 1. The number of halogens is 3. The molecule has 1 aromatic carbocycles. The van der Waals surface area contributed by atoms with Gasteiger partial charge in [-0.15, -0.1) is 0 Å². The molecule has 0 atom stereocenters. The predicted octanol–water partition coefficient (Wildman–Crippen LogP) is 5.25. The first kappa shape index (κ1) is 14.2. The summed E-state index contributed by atoms with van der Waals surface area (Å²) in [6.45, 7) is 0. The van der Waals surface area contributed by atoms with Crippen molar-refractivity contribution < 1.29 is 4.79 Å². The van der Waals surface area contributed by atoms with Gasteiger partial charge in [0.15, 0.2) is 0 Å². The minimum Gasteiger partial charge on any atom is -0.339 e. The number of hydrogen-bond acceptors (Lipinski definition) is 1. The summed E-state index contributed by atoms with van der Waals surface area (Å²) in [7, 11) is 0. The first-order chi connectivity index (χ1) is 9.54. The first-order valence-electron chi connectivity index (χ1n) is 6.18. The van der Waals surface area contributed by atoms with Crippen LogP contribution in [-0.2, 0) is 0 Å². The molecule has 20 heavy (non-hydrogen) atoms. The molecule has 0 radical (unpaired) electrons. The Morgan fingerprint density at radius 3 is 2.70 bits per heavy atom. The van der Waals surface area contributed by atoms with Crippen LogP contribution in [0.2, 0.25) is 5.02 Å². The van der Waals surface area contributed by atoms with Gasteiger partial charge in [-0.2, -0.15) is 0 Å². The zero-order valence-electron chi connectivity index (χ0n) is 10.4. The average molecular weight is 419 g/mol. The second-order valence-corrected chi connectivity index (χ2v) is 6.94. The molecule has 1 amide bonds. The lowest BCUT2D eigenvalue weighted by molar-refractivity contribution is 0.101. The fourth-order valence-corrected chi connectivity index (χ4v) is 2.92. The van der Waals surface area contributed by atoms with Gasteiger partial charge < -0.3 is 9.88 Å². The van der Waals surface area contributed by atoms with Gasteiger partial charge in [0.1, 0.15) is 5.69 Å². The summed E-state index contributed by atoms with van der Waals surface area (Å²) in [6, 6.07) is 7.65. The van der Waals surface area contributed by atoms with E-state index in [2.05, 4.69) is 37.2 Å². The van der Waals surface area contributed by atoms with Gasteiger partial charge >= 0.3 is 0 Å². The number of anilines is 1. The molecule has 1 N–H and O–H groups in total. The molecular formula is C14H11Br2ClN2O. The molecule has 0 spiro atoms. The van der Waals surface area contributed by atoms with E-state index in [-0.39, 0.29) is 5.91 Å². The summed E-state index contributed by atoms with van der Waals surface area (Å²) < 4.78 is 3.75. The van der Waals surface area contributed by atoms with E-state index in [4.69, 9.17) is 11.6 Å². The van der Waals surface area contributed by atoms with E-state index in [1.807, 2.05) is 29.0 Å². The Balaban J connectivity index is 1.84. The Kier molecular flexibility index (Phi) is 3.93. The monoisotopic (exact) mass is 416 g/mol. The van der Waals surface area contributed by atoms with Crippen molar-refractivity contribution in [2.45, 2.75) is 18.9 Å². The van der Waals surface area contributed by atoms with E-state index in [1.165, 1.54) is 0 Å². The highest BCUT2D eigenvalue weighted by Gasteiger charge is 2.27. The number of hydrogen-bond donors (Lipinski definition) is 1. The van der Waals surface area contributed by atoms with Crippen LogP contribution < -0.4 is 5.32 Å². The summed E-state index contributed by atoms with van der Waals surface area (Å²) in [4.78, 5) is 12.4. The zero-order valence-corrected chi connectivity index (χ0v) is 14.3. The van der Waals surface area contributed by atoms with Crippen molar-refractivity contribution in [1.82, 2.24) is 4.57 Å². The number of nitrogens with one attached hydrogen (secondary N) is 1. The van der Waals surface area contributed by atoms with Gasteiger partial charge in [-0.3, -0.25) is 4.79 Å². The van der Waals surface area contributed by atoms with Crippen LogP contribution >= 0.6 is 43.5 Å². The van der Waals surface area contributed by atoms with E-state index in [1.54, 1.807) is 6.07 Å². The van der Waals surface area contributed by atoms with E-state index >= 15 is 0 Å². The highest BCUT2D eigenvalue weighted by atomic mass is 79.9. The Labute approximate surface area is 138 Å². The lowest BCUT2D eigenvalue weighted by atomic mass is 10.3. The molecule has 1 aliphatic rings. The predicted molar refractivity (Wildman–Crippen MR) is 87.5 cm³/mol. The molecule has 1 saturated carbocycles. The van der Waals surface area contributed by atoms with Crippen LogP contribution in [0.25, 0.3) is 0 Å². The van der Waals surface area contributed by atoms with Gasteiger partial charge in [-0.25, -0.2) is 0 Å². The number of rotatable bonds is 3. The summed E-state index contributed by atoms with van der Waals surface area (Å²) in [5.74, 6) is -0.124. The fourth-order valence-electron chi connectivity index (χ4n) is 2.05. The molecule has 0 saturated heterocycles. The molecule has 2 aromatic rings. The third-order valence-corrected chi connectivity index (χ3v) is 4.83. The summed E-state index contributed by atoms with van der Waals surface area (Å²) in [5, 5.41) is 3.45. The molecule has 3 rings (SSSR count). The van der Waals surface area contributed by atoms with E-state index < -0.39 is 0 Å². The van der Waals surface area contributed by atoms with Crippen molar-refractivity contribution >= 4 is 55.1 Å². The Morgan fingerprint density at radius 1 is 1.30 bits per heavy atom. The maximum Gasteiger partial charge on any atom is 0.272 e. The van der Waals surface area contributed by atoms with Crippen molar-refractivity contribution in [1.29, 1.82) is 0 Å². The third-order valence-electron chi connectivity index (χ3n) is 3.17. The molecule has 0 aliphatic heterocycles. The van der Waals surface area contributed by atoms with Crippen LogP contribution in [0.5, 0.6) is 0 Å². The molecule has 1 aromatic heterocycles. The van der Waals surface area contributed by atoms with Crippen molar-refractivity contribution in [3.63, 3.8) is 0 Å². The van der Waals surface area contributed by atoms with Crippen LogP contribution in [0.15, 0.2) is 39.4 Å². The summed E-state index contributed by atoms with van der Waals surface area (Å²) in [6.07, 6.45) is 4.22. The number of nitrogens with zero attached hydrogens (tertiary/aromatic N) is 1. The number of carbonyl (C=O) groups excluding carboxylic acids is 1. The lowest BCUT2D eigenvalue weighted by Gasteiger charge is -2.09. The smallest absolute Gasteiger partial charge is 0.272 e. The maximum atomic E-state index is 12.4. The molecule has 3 nitrogen and oxygen atoms in total. The van der Waals surface area contributed by atoms with Crippen molar-refractivity contribution in [3.8, 4) is 0 Å². The van der Waals surface area contributed by atoms with Gasteiger partial charge in [0, 0.05) is 26.9 Å². The minimum absolute atomic E-state index is 0.124. The Bertz CT molecular complexity index is 680. The van der Waals surface area contributed by atoms with Crippen LogP contribution in [0.1, 0.15) is 29.4 Å². The standard InChI is InChI=1S/C14H11Br2ClN2O/c15-8-5-13(19(7-8)10-2-3-10)14(20)18-9-1-4-11(16)12(17)6-9/h1,4-7,10H,2-3H2,(H,18,20). The van der Waals surface area contributed by atoms with Gasteiger partial charge in [0.2, 0.25) is 0 Å². The van der Waals surface area contributed by atoms with Crippen LogP contribution in [-0.4, -0.2) is 10.5 Å². The first-order valence-corrected chi connectivity index (χ1v) is 8.15. The summed E-state index contributed by atoms with van der Waals surface area (Å²) in [5.41, 5.74) is 1.35. The van der Waals surface area contributed by atoms with Gasteiger partial charge in [-0.1, -0.05) is 11.6 Å². The van der Waals surface area contributed by atoms with Crippen LogP contribution in [0.3, 0.4) is 0 Å². The molecule has 1 aliphatic carbocycles. The second kappa shape index (κ2) is 5.54. The average Bonchev–Trinajstić information content (AvgIpc) is 3.17. The van der Waals surface area contributed by atoms with Crippen molar-refractivity contribution in [2.24, 2.45) is 0 Å². The Hall–Kier alpha value is -0.780. The van der Waals surface area contributed by atoms with E-state index in [0.717, 1.165) is 21.8 Å². The highest BCUT2D eigenvalue weighted by Crippen LogP contribution is 2.37. The molecule has 104 valence electrons. The molecule has 1 heterocycles. The minimum atomic E-state index is -0.124. The van der Waals surface area contributed by atoms with Gasteiger partial charge in [-0.05, 0) is 69.0 Å². The van der Waals surface area contributed by atoms with Crippen LogP contribution in [0.4, 0.5) is 5.69 Å². The maximum absolute atomic E-state index is 12.4. The lowest BCUT2D eigenvalue weighted by Crippen LogP contribution is -2.16. The molecule has 0 bridgehead atoms. The Morgan fingerprint density at radius 2 is 2.05 bits per heavy atom. The van der Waals surface area contributed by atoms with Crippen LogP contribution in [0, 0.1) is 0 Å². The number of benzene rings is 1. The van der Waals surface area contributed by atoms with Gasteiger partial charge in [0.05, 0.1) is 5.02 Å². The molecular weight excluding hydrogens is 407 g/mol. The number of amides is 1. The van der Waals surface area contributed by atoms with E-state index in [0.29, 0.717) is 22.4 Å². The second-order valence-electron chi connectivity index (χ2n) is 4.77.